The van der Waals surface area contributed by atoms with Crippen LogP contribution in [0, 0.1) is 6.92 Å². The Morgan fingerprint density at radius 2 is 2.16 bits per heavy atom. The number of fused-ring (bicyclic) bond motifs is 1. The van der Waals surface area contributed by atoms with Gasteiger partial charge in [-0.3, -0.25) is 13.9 Å². The van der Waals surface area contributed by atoms with Crippen molar-refractivity contribution in [3.05, 3.63) is 58.4 Å². The van der Waals surface area contributed by atoms with Gasteiger partial charge in [0.25, 0.3) is 5.56 Å². The Bertz CT molecular complexity index is 760. The molecule has 0 aromatic carbocycles. The van der Waals surface area contributed by atoms with Gasteiger partial charge in [-0.1, -0.05) is 11.3 Å². The Balaban J connectivity index is 2.01. The van der Waals surface area contributed by atoms with Crippen molar-refractivity contribution in [2.24, 2.45) is 0 Å². The second-order valence-electron chi connectivity index (χ2n) is 4.33. The molecule has 0 radical (unpaired) electrons. The van der Waals surface area contributed by atoms with Crippen LogP contribution in [0.3, 0.4) is 0 Å². The lowest BCUT2D eigenvalue weighted by atomic mass is 10.1. The quantitative estimate of drug-likeness (QED) is 0.695. The van der Waals surface area contributed by atoms with E-state index in [2.05, 4.69) is 15.3 Å². The summed E-state index contributed by atoms with van der Waals surface area (Å²) in [4.78, 5) is 16.8. The first-order valence-electron chi connectivity index (χ1n) is 6.06. The van der Waals surface area contributed by atoms with E-state index in [1.54, 1.807) is 27.7 Å². The molecule has 3 rings (SSSR count). The zero-order valence-corrected chi connectivity index (χ0v) is 10.5. The van der Waals surface area contributed by atoms with Crippen LogP contribution in [-0.2, 0) is 13.0 Å². The third-order valence-corrected chi connectivity index (χ3v) is 3.10. The molecule has 0 aliphatic heterocycles. The highest BCUT2D eigenvalue weighted by Crippen LogP contribution is 2.05. The molecule has 3 aromatic rings. The van der Waals surface area contributed by atoms with Crippen LogP contribution in [0.15, 0.2) is 41.6 Å². The van der Waals surface area contributed by atoms with Gasteiger partial charge in [-0.15, -0.1) is 5.10 Å². The highest BCUT2D eigenvalue weighted by molar-refractivity contribution is 5.40. The Morgan fingerprint density at radius 3 is 2.95 bits per heavy atom. The zero-order valence-electron chi connectivity index (χ0n) is 10.5. The number of pyridine rings is 1. The summed E-state index contributed by atoms with van der Waals surface area (Å²) in [5, 5.41) is 7.63. The minimum atomic E-state index is -0.0109. The van der Waals surface area contributed by atoms with Crippen LogP contribution < -0.4 is 5.56 Å². The molecule has 0 aliphatic rings. The molecule has 96 valence electrons. The van der Waals surface area contributed by atoms with E-state index in [0.717, 1.165) is 11.3 Å². The van der Waals surface area contributed by atoms with Crippen LogP contribution in [0.2, 0.25) is 0 Å². The maximum Gasteiger partial charge on any atom is 0.261 e. The van der Waals surface area contributed by atoms with Gasteiger partial charge in [0.2, 0.25) is 0 Å². The van der Waals surface area contributed by atoms with Gasteiger partial charge in [0.1, 0.15) is 5.65 Å². The molecular formula is C13H13N5O. The summed E-state index contributed by atoms with van der Waals surface area (Å²) in [6.45, 7) is 2.49. The monoisotopic (exact) mass is 255 g/mol. The maximum absolute atomic E-state index is 12.4. The summed E-state index contributed by atoms with van der Waals surface area (Å²) in [7, 11) is 0. The third kappa shape index (κ3) is 2.12. The van der Waals surface area contributed by atoms with Gasteiger partial charge >= 0.3 is 0 Å². The zero-order chi connectivity index (χ0) is 13.2. The molecular weight excluding hydrogens is 242 g/mol. The van der Waals surface area contributed by atoms with E-state index in [4.69, 9.17) is 0 Å². The predicted octanol–water partition coefficient (Wildman–Crippen LogP) is 0.837. The van der Waals surface area contributed by atoms with E-state index >= 15 is 0 Å². The molecule has 6 heteroatoms. The molecule has 3 heterocycles. The lowest BCUT2D eigenvalue weighted by Gasteiger charge is -2.07. The Kier molecular flexibility index (Phi) is 2.83. The van der Waals surface area contributed by atoms with Crippen molar-refractivity contribution in [2.75, 3.05) is 0 Å². The first-order chi connectivity index (χ1) is 9.25. The number of hydrogen-bond donors (Lipinski definition) is 0. The van der Waals surface area contributed by atoms with E-state index in [9.17, 15) is 4.79 Å². The first kappa shape index (κ1) is 11.6. The largest absolute Gasteiger partial charge is 0.269 e. The molecule has 6 nitrogen and oxygen atoms in total. The van der Waals surface area contributed by atoms with E-state index in [1.165, 1.54) is 0 Å². The standard InChI is InChI=1S/C13H13N5O/c1-10-11(5-8-17-9-6-14-16-17)13(19)18-7-3-2-4-12(18)15-10/h2-4,6-7,9H,5,8H2,1H3. The molecule has 0 atom stereocenters. The fraction of sp³-hybridized carbons (Fsp3) is 0.231. The van der Waals surface area contributed by atoms with E-state index in [1.807, 2.05) is 25.1 Å². The minimum Gasteiger partial charge on any atom is -0.269 e. The van der Waals surface area contributed by atoms with Crippen LogP contribution in [0.4, 0.5) is 0 Å². The number of rotatable bonds is 3. The maximum atomic E-state index is 12.4. The van der Waals surface area contributed by atoms with Crippen molar-refractivity contribution in [3.8, 4) is 0 Å². The average molecular weight is 255 g/mol. The molecule has 0 aliphatic carbocycles. The van der Waals surface area contributed by atoms with Gasteiger partial charge in [0.05, 0.1) is 6.20 Å². The topological polar surface area (TPSA) is 65.1 Å². The van der Waals surface area contributed by atoms with Gasteiger partial charge in [-0.2, -0.15) is 0 Å². The summed E-state index contributed by atoms with van der Waals surface area (Å²) in [6.07, 6.45) is 5.74. The highest BCUT2D eigenvalue weighted by Gasteiger charge is 2.09. The van der Waals surface area contributed by atoms with Gasteiger partial charge in [0.15, 0.2) is 0 Å². The summed E-state index contributed by atoms with van der Waals surface area (Å²) in [6, 6.07) is 5.53. The summed E-state index contributed by atoms with van der Waals surface area (Å²) in [5.74, 6) is 0. The van der Waals surface area contributed by atoms with Gasteiger partial charge in [-0.25, -0.2) is 4.98 Å². The van der Waals surface area contributed by atoms with Crippen LogP contribution in [0.5, 0.6) is 0 Å². The Labute approximate surface area is 109 Å². The van der Waals surface area contributed by atoms with Crippen molar-refractivity contribution in [1.82, 2.24) is 24.4 Å². The number of hydrogen-bond acceptors (Lipinski definition) is 4. The number of nitrogens with zero attached hydrogens (tertiary/aromatic N) is 5. The summed E-state index contributed by atoms with van der Waals surface area (Å²) in [5.41, 5.74) is 2.16. The molecule has 0 saturated carbocycles. The van der Waals surface area contributed by atoms with Crippen molar-refractivity contribution in [2.45, 2.75) is 19.9 Å². The third-order valence-electron chi connectivity index (χ3n) is 3.10. The molecule has 0 bridgehead atoms. The summed E-state index contributed by atoms with van der Waals surface area (Å²) >= 11 is 0. The van der Waals surface area contributed by atoms with E-state index in [0.29, 0.717) is 18.6 Å². The van der Waals surface area contributed by atoms with Crippen molar-refractivity contribution in [3.63, 3.8) is 0 Å². The van der Waals surface area contributed by atoms with Gasteiger partial charge < -0.3 is 0 Å². The second kappa shape index (κ2) is 4.64. The molecule has 0 saturated heterocycles. The first-order valence-corrected chi connectivity index (χ1v) is 6.06. The normalized spacial score (nSPS) is 11.0. The van der Waals surface area contributed by atoms with E-state index in [-0.39, 0.29) is 5.56 Å². The molecule has 0 fully saturated rings. The summed E-state index contributed by atoms with van der Waals surface area (Å²) < 4.78 is 3.28. The van der Waals surface area contributed by atoms with Crippen LogP contribution in [0.25, 0.3) is 5.65 Å². The van der Waals surface area contributed by atoms with Gasteiger partial charge in [-0.05, 0) is 25.5 Å². The Hall–Kier alpha value is -2.50. The van der Waals surface area contributed by atoms with Crippen molar-refractivity contribution in [1.29, 1.82) is 0 Å². The molecule has 19 heavy (non-hydrogen) atoms. The molecule has 0 unspecified atom stereocenters. The number of aromatic nitrogens is 5. The van der Waals surface area contributed by atoms with Gasteiger partial charge in [0, 0.05) is 30.2 Å². The lowest BCUT2D eigenvalue weighted by Crippen LogP contribution is -2.22. The number of aryl methyl sites for hydroxylation is 2. The van der Waals surface area contributed by atoms with Crippen LogP contribution >= 0.6 is 0 Å². The fourth-order valence-corrected chi connectivity index (χ4v) is 2.10. The fourth-order valence-electron chi connectivity index (χ4n) is 2.10. The molecule has 0 amide bonds. The molecule has 0 spiro atoms. The predicted molar refractivity (Wildman–Crippen MR) is 69.9 cm³/mol. The van der Waals surface area contributed by atoms with Crippen molar-refractivity contribution < 1.29 is 0 Å². The van der Waals surface area contributed by atoms with Crippen LogP contribution in [-0.4, -0.2) is 24.4 Å². The average Bonchev–Trinajstić information content (AvgIpc) is 2.92. The smallest absolute Gasteiger partial charge is 0.261 e. The molecule has 0 N–H and O–H groups in total. The van der Waals surface area contributed by atoms with Crippen LogP contribution in [0.1, 0.15) is 11.3 Å². The van der Waals surface area contributed by atoms with Crippen molar-refractivity contribution >= 4 is 5.65 Å². The second-order valence-corrected chi connectivity index (χ2v) is 4.33. The Morgan fingerprint density at radius 1 is 1.26 bits per heavy atom. The molecule has 3 aromatic heterocycles. The van der Waals surface area contributed by atoms with E-state index < -0.39 is 0 Å². The lowest BCUT2D eigenvalue weighted by molar-refractivity contribution is 0.584. The minimum absolute atomic E-state index is 0.0109. The highest BCUT2D eigenvalue weighted by atomic mass is 16.1. The SMILES string of the molecule is Cc1nc2ccccn2c(=O)c1CCn1ccnn1.